The molecule has 2 atom stereocenters. The van der Waals surface area contributed by atoms with Crippen molar-refractivity contribution >= 4 is 5.97 Å². The molecule has 0 spiro atoms. The fraction of sp³-hybridized carbons (Fsp3) is 0.923. The Labute approximate surface area is 104 Å². The standard InChI is InChI=1S/C13H26N2O2/c1-10(2)4-6-15-7-5-11(3)14-12(9-15)8-13(16)17/h10-12,14H,4-9H2,1-3H3,(H,16,17). The monoisotopic (exact) mass is 242 g/mol. The predicted molar refractivity (Wildman–Crippen MR) is 69.2 cm³/mol. The van der Waals surface area contributed by atoms with E-state index in [0.29, 0.717) is 12.0 Å². The smallest absolute Gasteiger partial charge is 0.304 e. The third kappa shape index (κ3) is 6.03. The fourth-order valence-corrected chi connectivity index (χ4v) is 2.30. The van der Waals surface area contributed by atoms with Crippen LogP contribution in [-0.2, 0) is 4.79 Å². The summed E-state index contributed by atoms with van der Waals surface area (Å²) in [6, 6.07) is 0.514. The van der Waals surface area contributed by atoms with E-state index in [1.165, 1.54) is 6.42 Å². The first-order valence-corrected chi connectivity index (χ1v) is 6.67. The summed E-state index contributed by atoms with van der Waals surface area (Å²) in [5.41, 5.74) is 0. The van der Waals surface area contributed by atoms with Crippen LogP contribution in [0.5, 0.6) is 0 Å². The summed E-state index contributed by atoms with van der Waals surface area (Å²) >= 11 is 0. The maximum absolute atomic E-state index is 10.8. The van der Waals surface area contributed by atoms with Crippen LogP contribution in [0.25, 0.3) is 0 Å². The average Bonchev–Trinajstić information content (AvgIpc) is 2.36. The Balaban J connectivity index is 2.46. The number of carbonyl (C=O) groups is 1. The molecule has 0 aromatic rings. The van der Waals surface area contributed by atoms with E-state index in [-0.39, 0.29) is 12.5 Å². The highest BCUT2D eigenvalue weighted by molar-refractivity contribution is 5.67. The van der Waals surface area contributed by atoms with Gasteiger partial charge < -0.3 is 15.3 Å². The molecule has 1 aliphatic heterocycles. The maximum atomic E-state index is 10.8. The zero-order valence-corrected chi connectivity index (χ0v) is 11.3. The molecule has 2 unspecified atom stereocenters. The Kier molecular flexibility index (Phi) is 5.92. The van der Waals surface area contributed by atoms with Crippen molar-refractivity contribution in [1.29, 1.82) is 0 Å². The predicted octanol–water partition coefficient (Wildman–Crippen LogP) is 1.56. The van der Waals surface area contributed by atoms with Crippen LogP contribution in [0.2, 0.25) is 0 Å². The molecule has 1 heterocycles. The first-order valence-electron chi connectivity index (χ1n) is 6.67. The molecule has 1 rings (SSSR count). The summed E-state index contributed by atoms with van der Waals surface area (Å²) in [5, 5.41) is 12.3. The molecule has 17 heavy (non-hydrogen) atoms. The Hall–Kier alpha value is -0.610. The Bertz CT molecular complexity index is 244. The van der Waals surface area contributed by atoms with Crippen molar-refractivity contribution in [3.05, 3.63) is 0 Å². The minimum absolute atomic E-state index is 0.0946. The van der Waals surface area contributed by atoms with E-state index in [9.17, 15) is 4.79 Å². The molecular formula is C13H26N2O2. The maximum Gasteiger partial charge on any atom is 0.304 e. The van der Waals surface area contributed by atoms with Crippen molar-refractivity contribution in [3.8, 4) is 0 Å². The quantitative estimate of drug-likeness (QED) is 0.768. The lowest BCUT2D eigenvalue weighted by Gasteiger charge is -2.24. The lowest BCUT2D eigenvalue weighted by atomic mass is 10.1. The van der Waals surface area contributed by atoms with Crippen LogP contribution in [0.1, 0.15) is 40.0 Å². The van der Waals surface area contributed by atoms with Crippen LogP contribution in [0.3, 0.4) is 0 Å². The van der Waals surface area contributed by atoms with E-state index >= 15 is 0 Å². The molecule has 0 bridgehead atoms. The molecule has 1 aliphatic rings. The van der Waals surface area contributed by atoms with Gasteiger partial charge in [0.1, 0.15) is 0 Å². The molecule has 0 aromatic carbocycles. The van der Waals surface area contributed by atoms with Gasteiger partial charge in [-0.05, 0) is 38.8 Å². The van der Waals surface area contributed by atoms with Crippen LogP contribution < -0.4 is 5.32 Å². The average molecular weight is 242 g/mol. The highest BCUT2D eigenvalue weighted by Gasteiger charge is 2.22. The van der Waals surface area contributed by atoms with E-state index in [4.69, 9.17) is 5.11 Å². The summed E-state index contributed by atoms with van der Waals surface area (Å²) < 4.78 is 0. The number of nitrogens with zero attached hydrogens (tertiary/aromatic N) is 1. The first kappa shape index (κ1) is 14.5. The van der Waals surface area contributed by atoms with Gasteiger partial charge in [-0.3, -0.25) is 4.79 Å². The molecule has 0 radical (unpaired) electrons. The van der Waals surface area contributed by atoms with Gasteiger partial charge in [0.05, 0.1) is 6.42 Å². The van der Waals surface area contributed by atoms with Crippen LogP contribution >= 0.6 is 0 Å². The Morgan fingerprint density at radius 2 is 2.24 bits per heavy atom. The van der Waals surface area contributed by atoms with Gasteiger partial charge in [-0.2, -0.15) is 0 Å². The van der Waals surface area contributed by atoms with Crippen LogP contribution in [0, 0.1) is 5.92 Å². The number of carboxylic acids is 1. The molecule has 0 amide bonds. The second kappa shape index (κ2) is 6.97. The first-order chi connectivity index (χ1) is 7.97. The number of hydrogen-bond acceptors (Lipinski definition) is 3. The lowest BCUT2D eigenvalue weighted by Crippen LogP contribution is -2.41. The van der Waals surface area contributed by atoms with Gasteiger partial charge in [0.15, 0.2) is 0 Å². The van der Waals surface area contributed by atoms with Crippen molar-refractivity contribution in [2.75, 3.05) is 19.6 Å². The van der Waals surface area contributed by atoms with Gasteiger partial charge >= 0.3 is 5.97 Å². The Morgan fingerprint density at radius 3 is 2.82 bits per heavy atom. The molecule has 0 aromatic heterocycles. The Morgan fingerprint density at radius 1 is 1.53 bits per heavy atom. The van der Waals surface area contributed by atoms with Gasteiger partial charge in [-0.25, -0.2) is 0 Å². The summed E-state index contributed by atoms with van der Waals surface area (Å²) in [7, 11) is 0. The summed E-state index contributed by atoms with van der Waals surface area (Å²) in [4.78, 5) is 13.2. The third-order valence-corrected chi connectivity index (χ3v) is 3.32. The van der Waals surface area contributed by atoms with Crippen molar-refractivity contribution in [1.82, 2.24) is 10.2 Å². The summed E-state index contributed by atoms with van der Waals surface area (Å²) in [5.74, 6) is 0.00182. The second-order valence-corrected chi connectivity index (χ2v) is 5.63. The van der Waals surface area contributed by atoms with Crippen LogP contribution in [0.15, 0.2) is 0 Å². The lowest BCUT2D eigenvalue weighted by molar-refractivity contribution is -0.137. The van der Waals surface area contributed by atoms with Crippen molar-refractivity contribution in [2.45, 2.75) is 52.1 Å². The molecule has 1 saturated heterocycles. The van der Waals surface area contributed by atoms with E-state index in [1.54, 1.807) is 0 Å². The molecule has 0 saturated carbocycles. The molecule has 2 N–H and O–H groups in total. The topological polar surface area (TPSA) is 52.6 Å². The van der Waals surface area contributed by atoms with Gasteiger partial charge in [0.25, 0.3) is 0 Å². The van der Waals surface area contributed by atoms with Crippen molar-refractivity contribution in [3.63, 3.8) is 0 Å². The normalized spacial score (nSPS) is 27.1. The summed E-state index contributed by atoms with van der Waals surface area (Å²) in [6.07, 6.45) is 2.52. The molecule has 4 heteroatoms. The van der Waals surface area contributed by atoms with E-state index in [1.807, 2.05) is 0 Å². The second-order valence-electron chi connectivity index (χ2n) is 5.63. The fourth-order valence-electron chi connectivity index (χ4n) is 2.30. The highest BCUT2D eigenvalue weighted by Crippen LogP contribution is 2.10. The van der Waals surface area contributed by atoms with Crippen LogP contribution in [-0.4, -0.2) is 47.7 Å². The zero-order chi connectivity index (χ0) is 12.8. The number of nitrogens with one attached hydrogen (secondary N) is 1. The largest absolute Gasteiger partial charge is 0.481 e. The minimum atomic E-state index is -0.708. The van der Waals surface area contributed by atoms with E-state index in [0.717, 1.165) is 26.1 Å². The van der Waals surface area contributed by atoms with E-state index < -0.39 is 5.97 Å². The SMILES string of the molecule is CC(C)CCN1CCC(C)NC(CC(=O)O)C1. The van der Waals surface area contributed by atoms with Crippen molar-refractivity contribution < 1.29 is 9.90 Å². The molecular weight excluding hydrogens is 216 g/mol. The highest BCUT2D eigenvalue weighted by atomic mass is 16.4. The van der Waals surface area contributed by atoms with Crippen molar-refractivity contribution in [2.24, 2.45) is 5.92 Å². The third-order valence-electron chi connectivity index (χ3n) is 3.32. The number of aliphatic carboxylic acids is 1. The minimum Gasteiger partial charge on any atom is -0.481 e. The zero-order valence-electron chi connectivity index (χ0n) is 11.3. The molecule has 0 aliphatic carbocycles. The van der Waals surface area contributed by atoms with Gasteiger partial charge in [0, 0.05) is 18.6 Å². The van der Waals surface area contributed by atoms with Gasteiger partial charge in [0.2, 0.25) is 0 Å². The van der Waals surface area contributed by atoms with Gasteiger partial charge in [-0.15, -0.1) is 0 Å². The summed E-state index contributed by atoms with van der Waals surface area (Å²) in [6.45, 7) is 9.63. The molecule has 4 nitrogen and oxygen atoms in total. The van der Waals surface area contributed by atoms with E-state index in [2.05, 4.69) is 31.0 Å². The molecule has 100 valence electrons. The number of hydrogen-bond donors (Lipinski definition) is 2. The number of rotatable bonds is 5. The molecule has 1 fully saturated rings. The van der Waals surface area contributed by atoms with Crippen LogP contribution in [0.4, 0.5) is 0 Å². The number of carboxylic acid groups (broad SMARTS) is 1. The van der Waals surface area contributed by atoms with Gasteiger partial charge in [-0.1, -0.05) is 13.8 Å².